The molecule has 76 valence electrons. The second kappa shape index (κ2) is 0.297. The van der Waals surface area contributed by atoms with Gasteiger partial charge in [-0.3, -0.25) is 0 Å². The van der Waals surface area contributed by atoms with Crippen molar-refractivity contribution in [3.63, 3.8) is 0 Å². The first-order valence-corrected chi connectivity index (χ1v) is 12.6. The second-order valence-corrected chi connectivity index (χ2v) is 34.6. The molecule has 10 rings (SSSR count). The number of hydrogen-bond acceptors (Lipinski definition) is 0. The summed E-state index contributed by atoms with van der Waals surface area (Å²) in [6, 6.07) is 0. The summed E-state index contributed by atoms with van der Waals surface area (Å²) in [5.74, 6) is 0. The van der Waals surface area contributed by atoms with E-state index in [2.05, 4.69) is 20.8 Å². The summed E-state index contributed by atoms with van der Waals surface area (Å²) in [5.41, 5.74) is 0. The van der Waals surface area contributed by atoms with Gasteiger partial charge in [0.1, 0.15) is 0 Å². The molecule has 0 bridgehead atoms. The van der Waals surface area contributed by atoms with E-state index in [1.54, 1.807) is 0 Å². The topological polar surface area (TPSA) is 0 Å². The van der Waals surface area contributed by atoms with Gasteiger partial charge >= 0.3 is 73.9 Å². The van der Waals surface area contributed by atoms with Crippen molar-refractivity contribution in [2.45, 2.75) is 67.4 Å². The van der Waals surface area contributed by atoms with Crippen molar-refractivity contribution in [1.82, 2.24) is 0 Å². The van der Waals surface area contributed by atoms with Crippen LogP contribution in [0.3, 0.4) is 0 Å². The molecular weight excluding hydrogens is 212 g/mol. The van der Waals surface area contributed by atoms with E-state index in [4.69, 9.17) is 0 Å². The quantitative estimate of drug-likeness (QED) is 0.533. The zero-order valence-corrected chi connectivity index (χ0v) is 10.00. The number of rotatable bonds is 0. The first-order chi connectivity index (χ1) is 6.32. The number of hydrogen-bond donors (Lipinski definition) is 0. The fourth-order valence-corrected chi connectivity index (χ4v) is 102. The Bertz CT molecular complexity index is 918. The van der Waals surface area contributed by atoms with Gasteiger partial charge in [-0.15, -0.1) is 0 Å². The predicted octanol–water partition coefficient (Wildman–Crippen LogP) is 4.55. The normalized spacial score (nSPS) is 153. The van der Waals surface area contributed by atoms with Crippen molar-refractivity contribution in [3.8, 4) is 0 Å². The predicted molar refractivity (Wildman–Crippen MR) is 51.4 cm³/mol. The minimum absolute atomic E-state index is 1.09. The van der Waals surface area contributed by atoms with Gasteiger partial charge in [0.15, 0.2) is 0 Å². The monoisotopic (exact) mass is 228 g/mol. The van der Waals surface area contributed by atoms with Crippen molar-refractivity contribution in [2.24, 2.45) is 0 Å². The van der Waals surface area contributed by atoms with Crippen molar-refractivity contribution in [1.29, 1.82) is 0 Å². The van der Waals surface area contributed by atoms with Crippen molar-refractivity contribution >= 4 is 0 Å². The molecule has 0 aromatic heterocycles. The molecule has 10 fully saturated rings. The first-order valence-electron chi connectivity index (χ1n) is 6.53. The molecule has 0 radical (unpaired) electrons. The third-order valence-corrected chi connectivity index (χ3v) is 64.7. The standard InChI is InChI=1S/C7H9.C6H7.Fe/c1-6-4-3-5-7(6)2;1-6-4-2-3-5-6;/h3-5H,1-2H3;2-5H,1H3;. The van der Waals surface area contributed by atoms with E-state index in [1.165, 1.54) is 33.7 Å². The zero-order valence-electron chi connectivity index (χ0n) is 8.90. The summed E-state index contributed by atoms with van der Waals surface area (Å²) in [7, 11) is 0. The molecular formula is C13H16Fe. The molecule has 0 amide bonds. The van der Waals surface area contributed by atoms with Crippen molar-refractivity contribution < 1.29 is 6.51 Å². The molecule has 0 aromatic rings. The maximum absolute atomic E-state index is 2.83. The molecule has 8 unspecified atom stereocenters. The average molecular weight is 228 g/mol. The van der Waals surface area contributed by atoms with Crippen LogP contribution < -0.4 is 0 Å². The van der Waals surface area contributed by atoms with Gasteiger partial charge in [-0.05, 0) is 0 Å². The number of fused-ring (bicyclic) bond motifs is 10. The van der Waals surface area contributed by atoms with E-state index in [0.29, 0.717) is 0 Å². The van der Waals surface area contributed by atoms with Crippen LogP contribution in [-0.2, 0) is 6.51 Å². The van der Waals surface area contributed by atoms with Gasteiger partial charge < -0.3 is 0 Å². The fraction of sp³-hybridized carbons (Fsp3) is 1.00. The maximum atomic E-state index is 2.83. The third-order valence-electron chi connectivity index (χ3n) is 17.3. The van der Waals surface area contributed by atoms with Crippen LogP contribution in [0.5, 0.6) is 0 Å². The molecule has 10 saturated heterocycles. The van der Waals surface area contributed by atoms with Gasteiger partial charge in [0, 0.05) is 0 Å². The first kappa shape index (κ1) is 4.80. The average Bonchev–Trinajstić information content (AvgIpc) is 3.07. The van der Waals surface area contributed by atoms with Gasteiger partial charge in [-0.2, -0.15) is 0 Å². The van der Waals surface area contributed by atoms with E-state index < -0.39 is 6.51 Å². The Morgan fingerprint density at radius 1 is 0.714 bits per heavy atom. The van der Waals surface area contributed by atoms with Gasteiger partial charge in [0.25, 0.3) is 0 Å². The Labute approximate surface area is 74.1 Å². The summed E-state index contributed by atoms with van der Waals surface area (Å²) < 4.78 is 3.31. The third kappa shape index (κ3) is 0.0287. The fourth-order valence-electron chi connectivity index (χ4n) is 20.2. The summed E-state index contributed by atoms with van der Waals surface area (Å²) in [6.07, 6.45) is 0. The molecule has 0 aliphatic carbocycles. The minimum atomic E-state index is -2.79. The Kier molecular flexibility index (Phi) is 0.102. The molecule has 14 heavy (non-hydrogen) atoms. The van der Waals surface area contributed by atoms with Gasteiger partial charge in [0.05, 0.1) is 0 Å². The van der Waals surface area contributed by atoms with E-state index in [9.17, 15) is 0 Å². The van der Waals surface area contributed by atoms with Crippen LogP contribution in [0.2, 0.25) is 46.7 Å². The molecule has 0 N–H and O–H groups in total. The van der Waals surface area contributed by atoms with Crippen LogP contribution >= 0.6 is 0 Å². The summed E-state index contributed by atoms with van der Waals surface area (Å²) in [4.78, 5) is 10.4. The van der Waals surface area contributed by atoms with E-state index >= 15 is 0 Å². The van der Waals surface area contributed by atoms with Crippen molar-refractivity contribution in [3.05, 3.63) is 0 Å². The molecule has 10 heterocycles. The SMILES string of the molecule is C[C]12[CH]3[CH]4[CH]5[CH]1[Fe]45321678[CH]2[CH]1[C]6(C)[C]7(C)[CH]28. The van der Waals surface area contributed by atoms with Crippen LogP contribution in [0.15, 0.2) is 0 Å². The van der Waals surface area contributed by atoms with Gasteiger partial charge in [0.2, 0.25) is 0 Å². The Balaban J connectivity index is 2.11. The van der Waals surface area contributed by atoms with E-state index in [-0.39, 0.29) is 0 Å². The Morgan fingerprint density at radius 3 is 1.21 bits per heavy atom. The van der Waals surface area contributed by atoms with Gasteiger partial charge in [-0.25, -0.2) is 0 Å². The van der Waals surface area contributed by atoms with Crippen molar-refractivity contribution in [2.75, 3.05) is 0 Å². The summed E-state index contributed by atoms with van der Waals surface area (Å²) >= 11 is 0. The van der Waals surface area contributed by atoms with E-state index in [1.807, 2.05) is 0 Å². The molecule has 0 nitrogen and oxygen atoms in total. The molecule has 1 heteroatoms. The van der Waals surface area contributed by atoms with Crippen LogP contribution in [0.25, 0.3) is 0 Å². The Morgan fingerprint density at radius 2 is 1.21 bits per heavy atom. The Hall–Kier alpha value is 0.519. The summed E-state index contributed by atoms with van der Waals surface area (Å²) in [5, 5.41) is 0. The van der Waals surface area contributed by atoms with Crippen LogP contribution in [-0.4, -0.2) is 0 Å². The molecule has 10 aliphatic rings. The molecule has 0 saturated carbocycles. The van der Waals surface area contributed by atoms with Crippen LogP contribution in [0.1, 0.15) is 20.8 Å². The molecule has 1 spiro atoms. The second-order valence-electron chi connectivity index (χ2n) is 10.9. The van der Waals surface area contributed by atoms with Gasteiger partial charge in [-0.1, -0.05) is 0 Å². The van der Waals surface area contributed by atoms with E-state index in [0.717, 1.165) is 12.9 Å². The molecule has 10 aliphatic heterocycles. The summed E-state index contributed by atoms with van der Waals surface area (Å²) in [6.45, 7) is 5.70. The molecule has 0 aromatic carbocycles. The van der Waals surface area contributed by atoms with Crippen LogP contribution in [0.4, 0.5) is 0 Å². The zero-order chi connectivity index (χ0) is 8.86. The molecule has 8 atom stereocenters. The van der Waals surface area contributed by atoms with Crippen LogP contribution in [0, 0.1) is 0 Å².